The zero-order chi connectivity index (χ0) is 14.7. The third-order valence-corrected chi connectivity index (χ3v) is 2.83. The van der Waals surface area contributed by atoms with Crippen LogP contribution in [0.25, 0.3) is 0 Å². The SMILES string of the molecule is Cc1cc(C(N)=O)ccc1NC(=O)c1c[nH]ccc1=O. The first kappa shape index (κ1) is 13.5. The molecule has 6 nitrogen and oxygen atoms in total. The van der Waals surface area contributed by atoms with Crippen LogP contribution in [0.2, 0.25) is 0 Å². The molecule has 102 valence electrons. The summed E-state index contributed by atoms with van der Waals surface area (Å²) < 4.78 is 0. The molecular weight excluding hydrogens is 258 g/mol. The number of carbonyl (C=O) groups excluding carboxylic acids is 2. The van der Waals surface area contributed by atoms with E-state index in [2.05, 4.69) is 10.3 Å². The summed E-state index contributed by atoms with van der Waals surface area (Å²) in [6, 6.07) is 5.94. The summed E-state index contributed by atoms with van der Waals surface area (Å²) in [5.74, 6) is -1.05. The van der Waals surface area contributed by atoms with Gasteiger partial charge < -0.3 is 16.0 Å². The molecule has 0 spiro atoms. The predicted molar refractivity (Wildman–Crippen MR) is 74.7 cm³/mol. The van der Waals surface area contributed by atoms with Crippen LogP contribution in [0.15, 0.2) is 41.5 Å². The van der Waals surface area contributed by atoms with Gasteiger partial charge in [-0.15, -0.1) is 0 Å². The van der Waals surface area contributed by atoms with E-state index in [4.69, 9.17) is 5.73 Å². The fourth-order valence-corrected chi connectivity index (χ4v) is 1.74. The highest BCUT2D eigenvalue weighted by molar-refractivity contribution is 6.04. The molecule has 0 aliphatic carbocycles. The number of hydrogen-bond donors (Lipinski definition) is 3. The monoisotopic (exact) mass is 271 g/mol. The highest BCUT2D eigenvalue weighted by Gasteiger charge is 2.11. The predicted octanol–water partition coefficient (Wildman–Crippen LogP) is 1.03. The number of anilines is 1. The van der Waals surface area contributed by atoms with Crippen LogP contribution in [-0.4, -0.2) is 16.8 Å². The Morgan fingerprint density at radius 1 is 1.25 bits per heavy atom. The average Bonchev–Trinajstić information content (AvgIpc) is 2.41. The van der Waals surface area contributed by atoms with Crippen LogP contribution in [0, 0.1) is 6.92 Å². The first-order valence-electron chi connectivity index (χ1n) is 5.88. The molecule has 0 saturated heterocycles. The van der Waals surface area contributed by atoms with Gasteiger partial charge in [-0.25, -0.2) is 0 Å². The minimum Gasteiger partial charge on any atom is -0.367 e. The van der Waals surface area contributed by atoms with E-state index < -0.39 is 11.8 Å². The lowest BCUT2D eigenvalue weighted by molar-refractivity contribution is 0.0998. The largest absolute Gasteiger partial charge is 0.367 e. The number of pyridine rings is 1. The highest BCUT2D eigenvalue weighted by Crippen LogP contribution is 2.16. The molecule has 20 heavy (non-hydrogen) atoms. The minimum atomic E-state index is -0.537. The lowest BCUT2D eigenvalue weighted by Crippen LogP contribution is -2.21. The molecular formula is C14H13N3O3. The van der Waals surface area contributed by atoms with Crippen LogP contribution >= 0.6 is 0 Å². The fourth-order valence-electron chi connectivity index (χ4n) is 1.74. The topological polar surface area (TPSA) is 105 Å². The van der Waals surface area contributed by atoms with Crippen molar-refractivity contribution in [1.29, 1.82) is 0 Å². The number of H-pyrrole nitrogens is 1. The molecule has 2 rings (SSSR count). The number of amides is 2. The maximum Gasteiger partial charge on any atom is 0.261 e. The number of hydrogen-bond acceptors (Lipinski definition) is 3. The van der Waals surface area contributed by atoms with Crippen molar-refractivity contribution in [1.82, 2.24) is 4.98 Å². The first-order valence-corrected chi connectivity index (χ1v) is 5.88. The molecule has 0 aliphatic rings. The minimum absolute atomic E-state index is 0.0193. The third kappa shape index (κ3) is 2.74. The van der Waals surface area contributed by atoms with E-state index in [0.717, 1.165) is 0 Å². The summed E-state index contributed by atoms with van der Waals surface area (Å²) in [6.45, 7) is 1.73. The maximum atomic E-state index is 12.0. The summed E-state index contributed by atoms with van der Waals surface area (Å²) >= 11 is 0. The number of aromatic amines is 1. The second kappa shape index (κ2) is 5.40. The number of nitrogens with one attached hydrogen (secondary N) is 2. The molecule has 2 aromatic rings. The van der Waals surface area contributed by atoms with Crippen LogP contribution < -0.4 is 16.5 Å². The standard InChI is InChI=1S/C14H13N3O3/c1-8-6-9(13(15)19)2-3-11(8)17-14(20)10-7-16-5-4-12(10)18/h2-7H,1H3,(H2,15,19)(H,16,18)(H,17,20). The van der Waals surface area contributed by atoms with Crippen LogP contribution in [0.3, 0.4) is 0 Å². The van der Waals surface area contributed by atoms with Crippen LogP contribution in [0.5, 0.6) is 0 Å². The summed E-state index contributed by atoms with van der Waals surface area (Å²) in [7, 11) is 0. The molecule has 0 unspecified atom stereocenters. The van der Waals surface area contributed by atoms with E-state index >= 15 is 0 Å². The smallest absolute Gasteiger partial charge is 0.261 e. The molecule has 0 atom stereocenters. The molecule has 0 saturated carbocycles. The fraction of sp³-hybridized carbons (Fsp3) is 0.0714. The van der Waals surface area contributed by atoms with Gasteiger partial charge in [0.15, 0.2) is 5.43 Å². The van der Waals surface area contributed by atoms with E-state index in [1.165, 1.54) is 24.5 Å². The summed E-state index contributed by atoms with van der Waals surface area (Å²) in [5.41, 5.74) is 6.38. The third-order valence-electron chi connectivity index (χ3n) is 2.83. The lowest BCUT2D eigenvalue weighted by Gasteiger charge is -2.09. The molecule has 2 amide bonds. The Labute approximate surface area is 114 Å². The molecule has 6 heteroatoms. The summed E-state index contributed by atoms with van der Waals surface area (Å²) in [6.07, 6.45) is 2.79. The van der Waals surface area contributed by atoms with Crippen LogP contribution in [0.4, 0.5) is 5.69 Å². The molecule has 1 aromatic carbocycles. The first-order chi connectivity index (χ1) is 9.49. The number of primary amides is 1. The zero-order valence-corrected chi connectivity index (χ0v) is 10.8. The van der Waals surface area contributed by atoms with Gasteiger partial charge in [0.2, 0.25) is 5.91 Å². The number of aromatic nitrogens is 1. The van der Waals surface area contributed by atoms with Crippen LogP contribution in [-0.2, 0) is 0 Å². The Balaban J connectivity index is 2.27. The second-order valence-electron chi connectivity index (χ2n) is 4.27. The van der Waals surface area contributed by atoms with Gasteiger partial charge in [-0.3, -0.25) is 14.4 Å². The van der Waals surface area contributed by atoms with Crippen molar-refractivity contribution in [3.63, 3.8) is 0 Å². The lowest BCUT2D eigenvalue weighted by atomic mass is 10.1. The van der Waals surface area contributed by atoms with E-state index in [1.807, 2.05) is 0 Å². The van der Waals surface area contributed by atoms with Crippen molar-refractivity contribution in [2.45, 2.75) is 6.92 Å². The van der Waals surface area contributed by atoms with Crippen LogP contribution in [0.1, 0.15) is 26.3 Å². The second-order valence-corrected chi connectivity index (χ2v) is 4.27. The van der Waals surface area contributed by atoms with Crippen molar-refractivity contribution in [2.24, 2.45) is 5.73 Å². The molecule has 0 fully saturated rings. The van der Waals surface area contributed by atoms with Gasteiger partial charge in [-0.05, 0) is 30.7 Å². The van der Waals surface area contributed by atoms with Crippen molar-refractivity contribution in [3.8, 4) is 0 Å². The molecule has 1 aromatic heterocycles. The number of nitrogens with two attached hydrogens (primary N) is 1. The zero-order valence-electron chi connectivity index (χ0n) is 10.8. The molecule has 0 bridgehead atoms. The Morgan fingerprint density at radius 2 is 2.00 bits per heavy atom. The van der Waals surface area contributed by atoms with Crippen molar-refractivity contribution >= 4 is 17.5 Å². The van der Waals surface area contributed by atoms with Crippen molar-refractivity contribution in [2.75, 3.05) is 5.32 Å². The Kier molecular flexibility index (Phi) is 3.65. The normalized spacial score (nSPS) is 10.1. The highest BCUT2D eigenvalue weighted by atomic mass is 16.2. The van der Waals surface area contributed by atoms with Gasteiger partial charge >= 0.3 is 0 Å². The Hall–Kier alpha value is -2.89. The average molecular weight is 271 g/mol. The number of aryl methyl sites for hydroxylation is 1. The quantitative estimate of drug-likeness (QED) is 0.776. The van der Waals surface area contributed by atoms with E-state index in [9.17, 15) is 14.4 Å². The summed E-state index contributed by atoms with van der Waals surface area (Å²) in [4.78, 5) is 37.2. The number of rotatable bonds is 3. The summed E-state index contributed by atoms with van der Waals surface area (Å²) in [5, 5.41) is 2.62. The van der Waals surface area contributed by atoms with Gasteiger partial charge in [0.05, 0.1) is 0 Å². The van der Waals surface area contributed by atoms with Crippen molar-refractivity contribution < 1.29 is 9.59 Å². The maximum absolute atomic E-state index is 12.0. The van der Waals surface area contributed by atoms with E-state index in [0.29, 0.717) is 16.8 Å². The molecule has 0 aliphatic heterocycles. The molecule has 4 N–H and O–H groups in total. The van der Waals surface area contributed by atoms with E-state index in [-0.39, 0.29) is 11.0 Å². The van der Waals surface area contributed by atoms with Gasteiger partial charge in [0.25, 0.3) is 5.91 Å². The number of carbonyl (C=O) groups is 2. The Morgan fingerprint density at radius 3 is 2.60 bits per heavy atom. The van der Waals surface area contributed by atoms with Crippen molar-refractivity contribution in [3.05, 3.63) is 63.6 Å². The van der Waals surface area contributed by atoms with E-state index in [1.54, 1.807) is 19.1 Å². The van der Waals surface area contributed by atoms with Gasteiger partial charge in [0.1, 0.15) is 5.56 Å². The Bertz CT molecular complexity index is 734. The van der Waals surface area contributed by atoms with Gasteiger partial charge in [-0.1, -0.05) is 0 Å². The van der Waals surface area contributed by atoms with Gasteiger partial charge in [-0.2, -0.15) is 0 Å². The number of benzene rings is 1. The molecule has 0 radical (unpaired) electrons. The van der Waals surface area contributed by atoms with Gasteiger partial charge in [0, 0.05) is 29.7 Å². The molecule has 1 heterocycles.